The fraction of sp³-hybridized carbons (Fsp3) is 0.538. The Morgan fingerprint density at radius 2 is 2.28 bits per heavy atom. The van der Waals surface area contributed by atoms with Crippen LogP contribution in [0.1, 0.15) is 35.7 Å². The molecule has 5 heteroatoms. The van der Waals surface area contributed by atoms with Gasteiger partial charge in [-0.2, -0.15) is 0 Å². The van der Waals surface area contributed by atoms with E-state index in [0.717, 1.165) is 31.2 Å². The monoisotopic (exact) mass is 262 g/mol. The molecule has 0 bridgehead atoms. The first kappa shape index (κ1) is 11.9. The molecule has 0 aromatic carbocycles. The Labute approximate surface area is 111 Å². The van der Waals surface area contributed by atoms with Gasteiger partial charge in [0.25, 0.3) is 0 Å². The zero-order valence-electron chi connectivity index (χ0n) is 11.0. The third-order valence-electron chi connectivity index (χ3n) is 3.61. The third kappa shape index (κ3) is 1.78. The van der Waals surface area contributed by atoms with E-state index in [-0.39, 0.29) is 0 Å². The van der Waals surface area contributed by atoms with Crippen molar-refractivity contribution in [2.45, 2.75) is 39.8 Å². The molecule has 2 aromatic rings. The molecule has 1 unspecified atom stereocenters. The molecule has 3 rings (SSSR count). The highest BCUT2D eigenvalue weighted by molar-refractivity contribution is 7.15. The fourth-order valence-corrected chi connectivity index (χ4v) is 3.46. The standard InChI is InChI=1S/C13H18N4S/c1-4-10-12-15-16-13(17(12)6-5-14-10)11-7-8(2)9(3)18-11/h7,10,14H,4-6H2,1-3H3. The van der Waals surface area contributed by atoms with Crippen LogP contribution in [0, 0.1) is 13.8 Å². The largest absolute Gasteiger partial charge is 0.308 e. The number of thiophene rings is 1. The Balaban J connectivity index is 2.06. The summed E-state index contributed by atoms with van der Waals surface area (Å²) in [6, 6.07) is 2.57. The number of aromatic nitrogens is 3. The van der Waals surface area contributed by atoms with E-state index in [1.54, 1.807) is 0 Å². The quantitative estimate of drug-likeness (QED) is 0.905. The third-order valence-corrected chi connectivity index (χ3v) is 4.76. The van der Waals surface area contributed by atoms with Gasteiger partial charge >= 0.3 is 0 Å². The number of nitrogens with zero attached hydrogens (tertiary/aromatic N) is 3. The molecular weight excluding hydrogens is 244 g/mol. The second kappa shape index (κ2) is 4.48. The van der Waals surface area contributed by atoms with Gasteiger partial charge in [0.2, 0.25) is 0 Å². The number of fused-ring (bicyclic) bond motifs is 1. The highest BCUT2D eigenvalue weighted by Crippen LogP contribution is 2.31. The van der Waals surface area contributed by atoms with Gasteiger partial charge in [0.15, 0.2) is 11.6 Å². The van der Waals surface area contributed by atoms with E-state index < -0.39 is 0 Å². The van der Waals surface area contributed by atoms with Crippen molar-refractivity contribution in [3.05, 3.63) is 22.3 Å². The molecule has 0 radical (unpaired) electrons. The zero-order valence-corrected chi connectivity index (χ0v) is 11.8. The molecule has 0 spiro atoms. The molecule has 0 saturated heterocycles. The van der Waals surface area contributed by atoms with Crippen LogP contribution in [-0.4, -0.2) is 21.3 Å². The first-order chi connectivity index (χ1) is 8.70. The maximum atomic E-state index is 4.40. The van der Waals surface area contributed by atoms with Gasteiger partial charge in [-0.3, -0.25) is 0 Å². The van der Waals surface area contributed by atoms with Gasteiger partial charge in [-0.05, 0) is 31.9 Å². The lowest BCUT2D eigenvalue weighted by Crippen LogP contribution is -2.33. The predicted molar refractivity (Wildman–Crippen MR) is 73.8 cm³/mol. The van der Waals surface area contributed by atoms with Gasteiger partial charge in [-0.1, -0.05) is 6.92 Å². The second-order valence-corrected chi connectivity index (χ2v) is 6.05. The van der Waals surface area contributed by atoms with Crippen LogP contribution < -0.4 is 5.32 Å². The SMILES string of the molecule is CCC1NCCn2c(-c3cc(C)c(C)s3)nnc21. The smallest absolute Gasteiger partial charge is 0.174 e. The Hall–Kier alpha value is -1.20. The van der Waals surface area contributed by atoms with Gasteiger partial charge in [-0.25, -0.2) is 0 Å². The van der Waals surface area contributed by atoms with Crippen molar-refractivity contribution >= 4 is 11.3 Å². The minimum Gasteiger partial charge on any atom is -0.308 e. The molecular formula is C13H18N4S. The molecule has 2 aromatic heterocycles. The highest BCUT2D eigenvalue weighted by atomic mass is 32.1. The summed E-state index contributed by atoms with van der Waals surface area (Å²) >= 11 is 1.81. The molecule has 0 aliphatic carbocycles. The van der Waals surface area contributed by atoms with Crippen molar-refractivity contribution in [3.63, 3.8) is 0 Å². The summed E-state index contributed by atoms with van der Waals surface area (Å²) in [6.07, 6.45) is 1.06. The van der Waals surface area contributed by atoms with Crippen LogP contribution in [0.2, 0.25) is 0 Å². The van der Waals surface area contributed by atoms with Crippen molar-refractivity contribution in [1.82, 2.24) is 20.1 Å². The van der Waals surface area contributed by atoms with Crippen LogP contribution in [0.4, 0.5) is 0 Å². The zero-order chi connectivity index (χ0) is 12.7. The average molecular weight is 262 g/mol. The maximum absolute atomic E-state index is 4.40. The Kier molecular flexibility index (Phi) is 2.95. The second-order valence-electron chi connectivity index (χ2n) is 4.80. The van der Waals surface area contributed by atoms with E-state index in [1.807, 2.05) is 11.3 Å². The lowest BCUT2D eigenvalue weighted by Gasteiger charge is -2.23. The van der Waals surface area contributed by atoms with Gasteiger partial charge in [0, 0.05) is 18.0 Å². The van der Waals surface area contributed by atoms with E-state index in [0.29, 0.717) is 6.04 Å². The number of hydrogen-bond acceptors (Lipinski definition) is 4. The number of rotatable bonds is 2. The van der Waals surface area contributed by atoms with E-state index >= 15 is 0 Å². The first-order valence-corrected chi connectivity index (χ1v) is 7.26. The van der Waals surface area contributed by atoms with Crippen molar-refractivity contribution in [3.8, 4) is 10.7 Å². The molecule has 0 saturated carbocycles. The number of nitrogens with one attached hydrogen (secondary N) is 1. The molecule has 0 fully saturated rings. The van der Waals surface area contributed by atoms with E-state index in [1.165, 1.54) is 15.3 Å². The molecule has 4 nitrogen and oxygen atoms in total. The lowest BCUT2D eigenvalue weighted by molar-refractivity contribution is 0.407. The summed E-state index contributed by atoms with van der Waals surface area (Å²) in [5.41, 5.74) is 1.34. The summed E-state index contributed by atoms with van der Waals surface area (Å²) in [4.78, 5) is 2.60. The summed E-state index contributed by atoms with van der Waals surface area (Å²) in [5, 5.41) is 12.3. The maximum Gasteiger partial charge on any atom is 0.174 e. The van der Waals surface area contributed by atoms with Gasteiger partial charge < -0.3 is 9.88 Å². The van der Waals surface area contributed by atoms with Gasteiger partial charge in [0.1, 0.15) is 0 Å². The van der Waals surface area contributed by atoms with Crippen LogP contribution in [0.5, 0.6) is 0 Å². The van der Waals surface area contributed by atoms with E-state index in [2.05, 4.69) is 46.9 Å². The van der Waals surface area contributed by atoms with Crippen LogP contribution in [-0.2, 0) is 6.54 Å². The molecule has 1 atom stereocenters. The fourth-order valence-electron chi connectivity index (χ4n) is 2.43. The summed E-state index contributed by atoms with van der Waals surface area (Å²) < 4.78 is 2.27. The molecule has 18 heavy (non-hydrogen) atoms. The number of aryl methyl sites for hydroxylation is 2. The first-order valence-electron chi connectivity index (χ1n) is 6.44. The van der Waals surface area contributed by atoms with Crippen molar-refractivity contribution in [1.29, 1.82) is 0 Å². The van der Waals surface area contributed by atoms with E-state index in [4.69, 9.17) is 0 Å². The molecule has 0 amide bonds. The van der Waals surface area contributed by atoms with Crippen LogP contribution in [0.25, 0.3) is 10.7 Å². The molecule has 1 aliphatic rings. The van der Waals surface area contributed by atoms with Gasteiger partial charge in [0.05, 0.1) is 10.9 Å². The van der Waals surface area contributed by atoms with Gasteiger partial charge in [-0.15, -0.1) is 21.5 Å². The van der Waals surface area contributed by atoms with Crippen LogP contribution >= 0.6 is 11.3 Å². The Morgan fingerprint density at radius 1 is 1.44 bits per heavy atom. The highest BCUT2D eigenvalue weighted by Gasteiger charge is 2.24. The average Bonchev–Trinajstić information content (AvgIpc) is 2.93. The molecule has 1 N–H and O–H groups in total. The predicted octanol–water partition coefficient (Wildman–Crippen LogP) is 2.68. The van der Waals surface area contributed by atoms with Crippen molar-refractivity contribution < 1.29 is 0 Å². The van der Waals surface area contributed by atoms with Crippen molar-refractivity contribution in [2.24, 2.45) is 0 Å². The molecule has 3 heterocycles. The topological polar surface area (TPSA) is 42.7 Å². The van der Waals surface area contributed by atoms with Crippen LogP contribution in [0.3, 0.4) is 0 Å². The van der Waals surface area contributed by atoms with Crippen LogP contribution in [0.15, 0.2) is 6.07 Å². The molecule has 96 valence electrons. The number of hydrogen-bond donors (Lipinski definition) is 1. The minimum atomic E-state index is 0.349. The summed E-state index contributed by atoms with van der Waals surface area (Å²) in [6.45, 7) is 8.46. The summed E-state index contributed by atoms with van der Waals surface area (Å²) in [7, 11) is 0. The summed E-state index contributed by atoms with van der Waals surface area (Å²) in [5.74, 6) is 2.12. The molecule has 1 aliphatic heterocycles. The Bertz CT molecular complexity index is 550. The lowest BCUT2D eigenvalue weighted by atomic mass is 10.2. The minimum absolute atomic E-state index is 0.349. The van der Waals surface area contributed by atoms with E-state index in [9.17, 15) is 0 Å². The normalized spacial score (nSPS) is 18.9. The Morgan fingerprint density at radius 3 is 2.94 bits per heavy atom. The van der Waals surface area contributed by atoms with Crippen molar-refractivity contribution in [2.75, 3.05) is 6.54 Å².